The third-order valence-electron chi connectivity index (χ3n) is 3.97. The summed E-state index contributed by atoms with van der Waals surface area (Å²) in [5.41, 5.74) is 2.21. The second-order valence-electron chi connectivity index (χ2n) is 5.38. The van der Waals surface area contributed by atoms with Crippen molar-refractivity contribution in [2.45, 2.75) is 12.8 Å². The Hall–Kier alpha value is -2.47. The van der Waals surface area contributed by atoms with Crippen molar-refractivity contribution in [2.75, 3.05) is 18.1 Å². The van der Waals surface area contributed by atoms with Gasteiger partial charge in [-0.1, -0.05) is 18.2 Å². The van der Waals surface area contributed by atoms with Crippen LogP contribution < -0.4 is 9.64 Å². The molecule has 0 fully saturated rings. The Labute approximate surface area is 137 Å². The van der Waals surface area contributed by atoms with Gasteiger partial charge in [0.15, 0.2) is 6.61 Å². The molecule has 0 unspecified atom stereocenters. The fraction of sp³-hybridized carbons (Fsp3) is 0.235. The minimum absolute atomic E-state index is 0.0176. The summed E-state index contributed by atoms with van der Waals surface area (Å²) in [6.45, 7) is 0.715. The van der Waals surface area contributed by atoms with Crippen LogP contribution in [0, 0.1) is 0 Å². The number of hydrogen-bond acceptors (Lipinski definition) is 5. The number of rotatable bonds is 3. The average molecular weight is 325 g/mol. The van der Waals surface area contributed by atoms with Crippen molar-refractivity contribution in [2.24, 2.45) is 0 Å². The van der Waals surface area contributed by atoms with Crippen LogP contribution in [0.3, 0.4) is 0 Å². The third-order valence-corrected chi connectivity index (χ3v) is 4.79. The van der Waals surface area contributed by atoms with E-state index in [1.807, 2.05) is 34.5 Å². The Kier molecular flexibility index (Phi) is 3.67. The summed E-state index contributed by atoms with van der Waals surface area (Å²) in [7, 11) is 0. The highest BCUT2D eigenvalue weighted by Crippen LogP contribution is 2.28. The molecule has 3 heterocycles. The lowest BCUT2D eigenvalue weighted by Gasteiger charge is -2.29. The molecule has 0 N–H and O–H groups in total. The summed E-state index contributed by atoms with van der Waals surface area (Å²) >= 11 is 1.53. The van der Waals surface area contributed by atoms with Crippen molar-refractivity contribution in [1.82, 2.24) is 9.97 Å². The molecular weight excluding hydrogens is 310 g/mol. The number of anilines is 1. The minimum Gasteiger partial charge on any atom is -0.467 e. The molecule has 23 heavy (non-hydrogen) atoms. The molecule has 5 nitrogen and oxygen atoms in total. The van der Waals surface area contributed by atoms with Crippen LogP contribution in [0.2, 0.25) is 0 Å². The lowest BCUT2D eigenvalue weighted by molar-refractivity contribution is -0.120. The van der Waals surface area contributed by atoms with E-state index in [-0.39, 0.29) is 12.5 Å². The Morgan fingerprint density at radius 2 is 2.17 bits per heavy atom. The Morgan fingerprint density at radius 1 is 1.26 bits per heavy atom. The number of para-hydroxylation sites is 1. The molecule has 0 radical (unpaired) electrons. The number of amides is 1. The highest BCUT2D eigenvalue weighted by atomic mass is 32.1. The van der Waals surface area contributed by atoms with E-state index in [4.69, 9.17) is 4.74 Å². The first kappa shape index (κ1) is 14.1. The standard InChI is InChI=1S/C17H15N3O2S/c21-15(20-8-3-5-12-4-1-2-6-14(12)20)10-22-16-13-7-9-23-17(13)19-11-18-16/h1-2,4,6-7,9,11H,3,5,8,10H2. The molecule has 3 aromatic rings. The van der Waals surface area contributed by atoms with Crippen molar-refractivity contribution < 1.29 is 9.53 Å². The first-order valence-electron chi connectivity index (χ1n) is 7.52. The van der Waals surface area contributed by atoms with E-state index in [9.17, 15) is 4.79 Å². The Bertz CT molecular complexity index is 862. The van der Waals surface area contributed by atoms with Crippen LogP contribution in [0.25, 0.3) is 10.2 Å². The van der Waals surface area contributed by atoms with Crippen LogP contribution in [0.4, 0.5) is 5.69 Å². The molecule has 0 saturated carbocycles. The Morgan fingerprint density at radius 3 is 3.13 bits per heavy atom. The molecule has 0 saturated heterocycles. The lowest BCUT2D eigenvalue weighted by atomic mass is 10.0. The third kappa shape index (κ3) is 2.66. The molecule has 0 atom stereocenters. The number of carbonyl (C=O) groups is 1. The maximum Gasteiger partial charge on any atom is 0.264 e. The van der Waals surface area contributed by atoms with Crippen molar-refractivity contribution in [3.8, 4) is 5.88 Å². The average Bonchev–Trinajstić information content (AvgIpc) is 3.08. The highest BCUT2D eigenvalue weighted by Gasteiger charge is 2.22. The van der Waals surface area contributed by atoms with Crippen LogP contribution in [-0.4, -0.2) is 29.0 Å². The van der Waals surface area contributed by atoms with Crippen LogP contribution in [0.1, 0.15) is 12.0 Å². The van der Waals surface area contributed by atoms with Gasteiger partial charge in [-0.25, -0.2) is 9.97 Å². The van der Waals surface area contributed by atoms with Gasteiger partial charge in [0, 0.05) is 12.2 Å². The number of fused-ring (bicyclic) bond motifs is 2. The van der Waals surface area contributed by atoms with Gasteiger partial charge in [-0.15, -0.1) is 11.3 Å². The quantitative estimate of drug-likeness (QED) is 0.743. The highest BCUT2D eigenvalue weighted by molar-refractivity contribution is 7.16. The number of benzene rings is 1. The van der Waals surface area contributed by atoms with Crippen molar-refractivity contribution in [3.05, 3.63) is 47.6 Å². The summed E-state index contributed by atoms with van der Waals surface area (Å²) in [4.78, 5) is 23.6. The predicted octanol–water partition coefficient (Wildman–Crippen LogP) is 3.05. The number of aromatic nitrogens is 2. The van der Waals surface area contributed by atoms with Gasteiger partial charge >= 0.3 is 0 Å². The number of aryl methyl sites for hydroxylation is 1. The molecule has 0 aliphatic carbocycles. The molecule has 4 rings (SSSR count). The van der Waals surface area contributed by atoms with Gasteiger partial charge in [-0.05, 0) is 35.9 Å². The molecule has 116 valence electrons. The van der Waals surface area contributed by atoms with E-state index >= 15 is 0 Å². The second-order valence-corrected chi connectivity index (χ2v) is 6.28. The summed E-state index contributed by atoms with van der Waals surface area (Å²) in [6, 6.07) is 9.96. The van der Waals surface area contributed by atoms with Gasteiger partial charge < -0.3 is 9.64 Å². The number of carbonyl (C=O) groups excluding carboxylic acids is 1. The normalized spacial score (nSPS) is 13.8. The minimum atomic E-state index is -0.0425. The first-order valence-corrected chi connectivity index (χ1v) is 8.40. The fourth-order valence-corrected chi connectivity index (χ4v) is 3.61. The maximum absolute atomic E-state index is 12.6. The molecule has 2 aromatic heterocycles. The van der Waals surface area contributed by atoms with E-state index < -0.39 is 0 Å². The predicted molar refractivity (Wildman–Crippen MR) is 90.0 cm³/mol. The first-order chi connectivity index (χ1) is 11.3. The zero-order valence-electron chi connectivity index (χ0n) is 12.4. The maximum atomic E-state index is 12.6. The van der Waals surface area contributed by atoms with Crippen molar-refractivity contribution in [1.29, 1.82) is 0 Å². The summed E-state index contributed by atoms with van der Waals surface area (Å²) in [5, 5.41) is 2.79. The number of hydrogen-bond donors (Lipinski definition) is 0. The van der Waals surface area contributed by atoms with E-state index in [0.29, 0.717) is 5.88 Å². The van der Waals surface area contributed by atoms with E-state index in [1.165, 1.54) is 23.2 Å². The molecule has 1 aromatic carbocycles. The van der Waals surface area contributed by atoms with Gasteiger partial charge in [0.1, 0.15) is 11.2 Å². The Balaban J connectivity index is 1.52. The number of thiophene rings is 1. The lowest BCUT2D eigenvalue weighted by Crippen LogP contribution is -2.38. The van der Waals surface area contributed by atoms with Gasteiger partial charge in [0.25, 0.3) is 5.91 Å². The van der Waals surface area contributed by atoms with Crippen LogP contribution in [-0.2, 0) is 11.2 Å². The topological polar surface area (TPSA) is 55.3 Å². The van der Waals surface area contributed by atoms with Crippen LogP contribution >= 0.6 is 11.3 Å². The van der Waals surface area contributed by atoms with Gasteiger partial charge in [-0.2, -0.15) is 0 Å². The van der Waals surface area contributed by atoms with E-state index in [0.717, 1.165) is 35.3 Å². The summed E-state index contributed by atoms with van der Waals surface area (Å²) < 4.78 is 5.67. The van der Waals surface area contributed by atoms with E-state index in [2.05, 4.69) is 16.0 Å². The van der Waals surface area contributed by atoms with Gasteiger partial charge in [-0.3, -0.25) is 4.79 Å². The van der Waals surface area contributed by atoms with Crippen LogP contribution in [0.5, 0.6) is 5.88 Å². The molecule has 6 heteroatoms. The molecule has 0 spiro atoms. The van der Waals surface area contributed by atoms with Gasteiger partial charge in [0.05, 0.1) is 5.39 Å². The zero-order chi connectivity index (χ0) is 15.6. The molecule has 1 amide bonds. The fourth-order valence-electron chi connectivity index (χ4n) is 2.88. The summed E-state index contributed by atoms with van der Waals surface area (Å²) in [6.07, 6.45) is 3.46. The van der Waals surface area contributed by atoms with Crippen LogP contribution in [0.15, 0.2) is 42.0 Å². The second kappa shape index (κ2) is 5.96. The van der Waals surface area contributed by atoms with Gasteiger partial charge in [0.2, 0.25) is 5.88 Å². The molecule has 1 aliphatic heterocycles. The number of nitrogens with zero attached hydrogens (tertiary/aromatic N) is 3. The largest absolute Gasteiger partial charge is 0.467 e. The smallest absolute Gasteiger partial charge is 0.264 e. The molecule has 1 aliphatic rings. The monoisotopic (exact) mass is 325 g/mol. The van der Waals surface area contributed by atoms with Crippen molar-refractivity contribution >= 4 is 33.1 Å². The zero-order valence-corrected chi connectivity index (χ0v) is 13.3. The van der Waals surface area contributed by atoms with Crippen molar-refractivity contribution in [3.63, 3.8) is 0 Å². The molecular formula is C17H15N3O2S. The molecule has 0 bridgehead atoms. The summed E-state index contributed by atoms with van der Waals surface area (Å²) in [5.74, 6) is 0.425. The SMILES string of the molecule is O=C(COc1ncnc2sccc12)N1CCCc2ccccc21. The number of ether oxygens (including phenoxy) is 1. The van der Waals surface area contributed by atoms with E-state index in [1.54, 1.807) is 0 Å².